The number of aromatic amines is 1. The van der Waals surface area contributed by atoms with E-state index in [0.29, 0.717) is 0 Å². The molecule has 0 radical (unpaired) electrons. The van der Waals surface area contributed by atoms with Gasteiger partial charge in [-0.2, -0.15) is 0 Å². The normalized spacial score (nSPS) is 29.4. The average molecular weight is 380 g/mol. The number of hydrogen-bond acceptors (Lipinski definition) is 8. The first-order chi connectivity index (χ1) is 12.8. The zero-order chi connectivity index (χ0) is 19.7. The van der Waals surface area contributed by atoms with Crippen LogP contribution in [0.25, 0.3) is 10.9 Å². The number of aliphatic hydroxyl groups excluding tert-OH is 3. The van der Waals surface area contributed by atoms with Crippen molar-refractivity contribution in [2.75, 3.05) is 0 Å². The molecule has 1 aromatic carbocycles. The number of esters is 1. The molecule has 0 amide bonds. The fraction of sp³-hybridized carbons (Fsp3) is 0.412. The Morgan fingerprint density at radius 3 is 2.59 bits per heavy atom. The number of ether oxygens (including phenoxy) is 2. The van der Waals surface area contributed by atoms with Gasteiger partial charge in [-0.25, -0.2) is 4.79 Å². The van der Waals surface area contributed by atoms with Crippen LogP contribution in [-0.2, 0) is 25.5 Å². The molecule has 1 unspecified atom stereocenters. The molecule has 0 saturated carbocycles. The van der Waals surface area contributed by atoms with Crippen LogP contribution in [0.2, 0.25) is 0 Å². The third kappa shape index (κ3) is 3.80. The summed E-state index contributed by atoms with van der Waals surface area (Å²) in [6, 6.07) is 6.31. The van der Waals surface area contributed by atoms with Gasteiger partial charge in [-0.3, -0.25) is 4.79 Å². The van der Waals surface area contributed by atoms with Gasteiger partial charge in [0.15, 0.2) is 6.10 Å². The van der Waals surface area contributed by atoms with E-state index >= 15 is 0 Å². The van der Waals surface area contributed by atoms with Crippen molar-refractivity contribution >= 4 is 22.8 Å². The van der Waals surface area contributed by atoms with Gasteiger partial charge in [0.1, 0.15) is 24.4 Å². The molecule has 0 spiro atoms. The third-order valence-electron chi connectivity index (χ3n) is 4.46. The lowest BCUT2D eigenvalue weighted by atomic mass is 9.99. The molecule has 146 valence electrons. The lowest BCUT2D eigenvalue weighted by Crippen LogP contribution is -2.61. The third-order valence-corrected chi connectivity index (χ3v) is 4.46. The summed E-state index contributed by atoms with van der Waals surface area (Å²) in [5.41, 5.74) is 7.52. The molecule has 10 nitrogen and oxygen atoms in total. The predicted molar refractivity (Wildman–Crippen MR) is 90.4 cm³/mol. The molecular weight excluding hydrogens is 360 g/mol. The van der Waals surface area contributed by atoms with Crippen molar-refractivity contribution in [2.24, 2.45) is 5.73 Å². The first kappa shape index (κ1) is 19.3. The van der Waals surface area contributed by atoms with E-state index in [4.69, 9.17) is 20.3 Å². The molecule has 7 N–H and O–H groups in total. The molecule has 2 heterocycles. The van der Waals surface area contributed by atoms with Gasteiger partial charge in [-0.15, -0.1) is 0 Å². The number of benzene rings is 1. The van der Waals surface area contributed by atoms with Gasteiger partial charge in [-0.1, -0.05) is 18.2 Å². The number of aromatic nitrogens is 1. The molecular formula is C17H20N2O8. The number of hydrogen-bond donors (Lipinski definition) is 6. The summed E-state index contributed by atoms with van der Waals surface area (Å²) in [5.74, 6) is -2.52. The van der Waals surface area contributed by atoms with Crippen molar-refractivity contribution < 1.29 is 39.5 Å². The van der Waals surface area contributed by atoms with Crippen LogP contribution in [0.15, 0.2) is 30.5 Å². The number of carboxylic acids is 1. The molecule has 27 heavy (non-hydrogen) atoms. The number of rotatable bonds is 5. The van der Waals surface area contributed by atoms with Gasteiger partial charge in [-0.05, 0) is 11.6 Å². The summed E-state index contributed by atoms with van der Waals surface area (Å²) in [6.45, 7) is 0. The Labute approximate surface area is 153 Å². The highest BCUT2D eigenvalue weighted by Gasteiger charge is 2.48. The van der Waals surface area contributed by atoms with Gasteiger partial charge < -0.3 is 40.6 Å². The smallest absolute Gasteiger partial charge is 0.335 e. The van der Waals surface area contributed by atoms with Crippen molar-refractivity contribution in [3.05, 3.63) is 36.0 Å². The molecule has 1 aliphatic heterocycles. The number of aliphatic carboxylic acids is 1. The minimum atomic E-state index is -1.87. The number of carboxylic acid groups (broad SMARTS) is 1. The lowest BCUT2D eigenvalue weighted by Gasteiger charge is -2.38. The Balaban J connectivity index is 1.67. The van der Waals surface area contributed by atoms with Crippen LogP contribution in [0.5, 0.6) is 0 Å². The van der Waals surface area contributed by atoms with Crippen LogP contribution in [0, 0.1) is 0 Å². The van der Waals surface area contributed by atoms with Gasteiger partial charge in [0.25, 0.3) is 0 Å². The molecule has 1 aliphatic rings. The summed E-state index contributed by atoms with van der Waals surface area (Å²) >= 11 is 0. The van der Waals surface area contributed by atoms with Crippen LogP contribution in [0.1, 0.15) is 5.56 Å². The standard InChI is InChI=1S/C17H20N2O8/c18-9(5-7-6-19-10-4-2-1-3-8(7)10)16(25)27-17-13(22)11(20)12(21)14(26-17)15(23)24/h1-4,6,9,11-14,17,19-22H,5,18H2,(H,23,24)/t9-,11-,12-,13+,14-,17?/m0/s1. The van der Waals surface area contributed by atoms with Crippen molar-refractivity contribution in [3.8, 4) is 0 Å². The molecule has 6 atom stereocenters. The summed E-state index contributed by atoms with van der Waals surface area (Å²) in [4.78, 5) is 26.4. The van der Waals surface area contributed by atoms with Crippen LogP contribution in [0.3, 0.4) is 0 Å². The average Bonchev–Trinajstić information content (AvgIpc) is 3.04. The topological polar surface area (TPSA) is 175 Å². The van der Waals surface area contributed by atoms with E-state index in [1.54, 1.807) is 6.20 Å². The Morgan fingerprint density at radius 1 is 1.19 bits per heavy atom. The second-order valence-corrected chi connectivity index (χ2v) is 6.34. The number of fused-ring (bicyclic) bond motifs is 1. The van der Waals surface area contributed by atoms with Crippen molar-refractivity contribution in [1.29, 1.82) is 0 Å². The zero-order valence-corrected chi connectivity index (χ0v) is 14.1. The quantitative estimate of drug-likeness (QED) is 0.336. The first-order valence-corrected chi connectivity index (χ1v) is 8.23. The lowest BCUT2D eigenvalue weighted by molar-refractivity contribution is -0.286. The van der Waals surface area contributed by atoms with E-state index < -0.39 is 48.7 Å². The van der Waals surface area contributed by atoms with Crippen molar-refractivity contribution in [2.45, 2.75) is 43.2 Å². The number of nitrogens with two attached hydrogens (primary N) is 1. The van der Waals surface area contributed by atoms with Crippen LogP contribution in [-0.4, -0.2) is 74.1 Å². The van der Waals surface area contributed by atoms with Gasteiger partial charge >= 0.3 is 11.9 Å². The molecule has 10 heteroatoms. The highest BCUT2D eigenvalue weighted by molar-refractivity contribution is 5.84. The monoisotopic (exact) mass is 380 g/mol. The van der Waals surface area contributed by atoms with Crippen LogP contribution >= 0.6 is 0 Å². The second kappa shape index (κ2) is 7.62. The molecule has 1 fully saturated rings. The summed E-state index contributed by atoms with van der Waals surface area (Å²) in [6.07, 6.45) is -7.34. The highest BCUT2D eigenvalue weighted by Crippen LogP contribution is 2.23. The molecule has 2 aromatic rings. The maximum atomic E-state index is 12.2. The largest absolute Gasteiger partial charge is 0.479 e. The zero-order valence-electron chi connectivity index (χ0n) is 14.1. The fourth-order valence-corrected chi connectivity index (χ4v) is 2.97. The Hall–Kier alpha value is -2.50. The highest BCUT2D eigenvalue weighted by atomic mass is 16.7. The van der Waals surface area contributed by atoms with Crippen LogP contribution < -0.4 is 5.73 Å². The number of nitrogens with one attached hydrogen (secondary N) is 1. The Kier molecular flexibility index (Phi) is 5.44. The van der Waals surface area contributed by atoms with Gasteiger partial charge in [0, 0.05) is 23.5 Å². The Morgan fingerprint density at radius 2 is 1.89 bits per heavy atom. The van der Waals surface area contributed by atoms with E-state index in [2.05, 4.69) is 4.98 Å². The summed E-state index contributed by atoms with van der Waals surface area (Å²) in [5, 5.41) is 39.1. The minimum absolute atomic E-state index is 0.124. The van der Waals surface area contributed by atoms with Crippen molar-refractivity contribution in [3.63, 3.8) is 0 Å². The van der Waals surface area contributed by atoms with E-state index in [0.717, 1.165) is 16.5 Å². The SMILES string of the molecule is N[C@@H](Cc1c[nH]c2ccccc12)C(=O)OC1O[C@H](C(=O)O)[C@@H](O)[C@H](O)[C@H]1O. The molecule has 3 rings (SSSR count). The van der Waals surface area contributed by atoms with E-state index in [1.807, 2.05) is 24.3 Å². The van der Waals surface area contributed by atoms with E-state index in [1.165, 1.54) is 0 Å². The molecule has 0 bridgehead atoms. The fourth-order valence-electron chi connectivity index (χ4n) is 2.97. The second-order valence-electron chi connectivity index (χ2n) is 6.34. The van der Waals surface area contributed by atoms with E-state index in [9.17, 15) is 24.9 Å². The summed E-state index contributed by atoms with van der Waals surface area (Å²) < 4.78 is 9.85. The van der Waals surface area contributed by atoms with Crippen molar-refractivity contribution in [1.82, 2.24) is 4.98 Å². The predicted octanol–water partition coefficient (Wildman–Crippen LogP) is -1.53. The molecule has 1 saturated heterocycles. The van der Waals surface area contributed by atoms with Crippen LogP contribution in [0.4, 0.5) is 0 Å². The maximum absolute atomic E-state index is 12.2. The number of carbonyl (C=O) groups excluding carboxylic acids is 1. The first-order valence-electron chi connectivity index (χ1n) is 8.23. The minimum Gasteiger partial charge on any atom is -0.479 e. The van der Waals surface area contributed by atoms with E-state index in [-0.39, 0.29) is 6.42 Å². The number of H-pyrrole nitrogens is 1. The molecule has 0 aliphatic carbocycles. The maximum Gasteiger partial charge on any atom is 0.335 e. The molecule has 1 aromatic heterocycles. The van der Waals surface area contributed by atoms with Gasteiger partial charge in [0.05, 0.1) is 0 Å². The number of aliphatic hydroxyl groups is 3. The van der Waals surface area contributed by atoms with Gasteiger partial charge in [0.2, 0.25) is 6.29 Å². The summed E-state index contributed by atoms with van der Waals surface area (Å²) in [7, 11) is 0. The number of para-hydroxylation sites is 1. The number of carbonyl (C=O) groups is 2. The Bertz CT molecular complexity index is 837.